The first-order valence-corrected chi connectivity index (χ1v) is 9.68. The van der Waals surface area contributed by atoms with Crippen molar-refractivity contribution in [2.75, 3.05) is 14.2 Å². The maximum atomic E-state index is 13.2. The van der Waals surface area contributed by atoms with Crippen LogP contribution in [0.15, 0.2) is 72.9 Å². The molecule has 0 N–H and O–H groups in total. The summed E-state index contributed by atoms with van der Waals surface area (Å²) in [6.07, 6.45) is 2.62. The van der Waals surface area contributed by atoms with Crippen molar-refractivity contribution in [3.05, 3.63) is 89.6 Å². The van der Waals surface area contributed by atoms with Gasteiger partial charge in [-0.05, 0) is 29.2 Å². The molecular weight excluding hydrogens is 333 g/mol. The maximum Gasteiger partial charge on any atom is 0.377 e. The lowest BCUT2D eigenvalue weighted by Gasteiger charge is -2.19. The van der Waals surface area contributed by atoms with E-state index in [1.54, 1.807) is 0 Å². The SMILES string of the molecule is COP(=O)(OC)c1c(Cc2ccccc2)ccn1Cc1ccccc1. The van der Waals surface area contributed by atoms with Crippen molar-refractivity contribution in [2.45, 2.75) is 13.0 Å². The van der Waals surface area contributed by atoms with Crippen LogP contribution in [-0.2, 0) is 26.6 Å². The third-order valence-corrected chi connectivity index (χ3v) is 6.21. The van der Waals surface area contributed by atoms with Gasteiger partial charge in [0.15, 0.2) is 0 Å². The zero-order valence-corrected chi connectivity index (χ0v) is 15.4. The van der Waals surface area contributed by atoms with Gasteiger partial charge in [0.1, 0.15) is 5.44 Å². The van der Waals surface area contributed by atoms with Crippen LogP contribution >= 0.6 is 7.60 Å². The number of hydrogen-bond donors (Lipinski definition) is 0. The average molecular weight is 355 g/mol. The van der Waals surface area contributed by atoms with E-state index in [1.807, 2.05) is 65.4 Å². The molecule has 130 valence electrons. The van der Waals surface area contributed by atoms with E-state index in [0.29, 0.717) is 18.4 Å². The molecule has 3 rings (SSSR count). The monoisotopic (exact) mass is 355 g/mol. The van der Waals surface area contributed by atoms with Crippen LogP contribution < -0.4 is 5.44 Å². The fourth-order valence-electron chi connectivity index (χ4n) is 2.95. The molecular formula is C20H22NO3P. The van der Waals surface area contributed by atoms with Gasteiger partial charge in [0.2, 0.25) is 0 Å². The Morgan fingerprint density at radius 3 is 1.96 bits per heavy atom. The minimum absolute atomic E-state index is 0.613. The Morgan fingerprint density at radius 1 is 0.840 bits per heavy atom. The summed E-state index contributed by atoms with van der Waals surface area (Å²) in [7, 11) is -0.518. The number of rotatable bonds is 7. The summed E-state index contributed by atoms with van der Waals surface area (Å²) >= 11 is 0. The Kier molecular flexibility index (Phi) is 5.54. The van der Waals surface area contributed by atoms with Crippen LogP contribution in [0, 0.1) is 0 Å². The van der Waals surface area contributed by atoms with Crippen molar-refractivity contribution in [1.82, 2.24) is 4.57 Å². The summed E-state index contributed by atoms with van der Waals surface area (Å²) in [5, 5.41) is 0. The Balaban J connectivity index is 2.02. The second-order valence-electron chi connectivity index (χ2n) is 5.80. The highest BCUT2D eigenvalue weighted by atomic mass is 31.2. The molecule has 0 atom stereocenters. The van der Waals surface area contributed by atoms with Crippen molar-refractivity contribution in [2.24, 2.45) is 0 Å². The van der Waals surface area contributed by atoms with Crippen LogP contribution in [0.2, 0.25) is 0 Å². The molecule has 0 amide bonds. The van der Waals surface area contributed by atoms with Crippen molar-refractivity contribution in [3.63, 3.8) is 0 Å². The van der Waals surface area contributed by atoms with Gasteiger partial charge in [-0.3, -0.25) is 4.57 Å². The van der Waals surface area contributed by atoms with Crippen LogP contribution in [0.3, 0.4) is 0 Å². The van der Waals surface area contributed by atoms with E-state index in [0.717, 1.165) is 16.7 Å². The van der Waals surface area contributed by atoms with Gasteiger partial charge in [0, 0.05) is 27.0 Å². The lowest BCUT2D eigenvalue weighted by Crippen LogP contribution is -2.22. The minimum Gasteiger partial charge on any atom is -0.337 e. The summed E-state index contributed by atoms with van der Waals surface area (Å²) in [5.74, 6) is 0. The van der Waals surface area contributed by atoms with Crippen molar-refractivity contribution in [1.29, 1.82) is 0 Å². The van der Waals surface area contributed by atoms with Gasteiger partial charge in [-0.2, -0.15) is 0 Å². The van der Waals surface area contributed by atoms with Crippen LogP contribution in [0.4, 0.5) is 0 Å². The number of hydrogen-bond acceptors (Lipinski definition) is 3. The maximum absolute atomic E-state index is 13.2. The van der Waals surface area contributed by atoms with Crippen LogP contribution in [-0.4, -0.2) is 18.8 Å². The molecule has 25 heavy (non-hydrogen) atoms. The van der Waals surface area contributed by atoms with Crippen LogP contribution in [0.5, 0.6) is 0 Å². The Hall–Kier alpha value is -2.13. The van der Waals surface area contributed by atoms with Gasteiger partial charge in [-0.1, -0.05) is 60.7 Å². The van der Waals surface area contributed by atoms with E-state index in [-0.39, 0.29) is 0 Å². The van der Waals surface area contributed by atoms with Crippen LogP contribution in [0.1, 0.15) is 16.7 Å². The van der Waals surface area contributed by atoms with E-state index in [2.05, 4.69) is 12.1 Å². The fourth-order valence-corrected chi connectivity index (χ4v) is 4.40. The Labute approximate surface area is 148 Å². The lowest BCUT2D eigenvalue weighted by atomic mass is 10.1. The molecule has 0 bridgehead atoms. The van der Waals surface area contributed by atoms with Gasteiger partial charge in [-0.25, -0.2) is 0 Å². The van der Waals surface area contributed by atoms with Gasteiger partial charge in [0.05, 0.1) is 0 Å². The Bertz CT molecular complexity index is 792. The second kappa shape index (κ2) is 7.83. The Morgan fingerprint density at radius 2 is 1.40 bits per heavy atom. The van der Waals surface area contributed by atoms with Crippen molar-refractivity contribution >= 4 is 13.0 Å². The highest BCUT2D eigenvalue weighted by Gasteiger charge is 2.31. The van der Waals surface area contributed by atoms with Gasteiger partial charge < -0.3 is 13.6 Å². The normalized spacial score (nSPS) is 11.6. The molecule has 2 aromatic carbocycles. The van der Waals surface area contributed by atoms with E-state index in [1.165, 1.54) is 14.2 Å². The zero-order valence-electron chi connectivity index (χ0n) is 14.5. The molecule has 0 saturated carbocycles. The summed E-state index contributed by atoms with van der Waals surface area (Å²) in [6.45, 7) is 0.613. The molecule has 4 nitrogen and oxygen atoms in total. The highest BCUT2D eigenvalue weighted by molar-refractivity contribution is 7.62. The first-order chi connectivity index (χ1) is 12.2. The zero-order chi connectivity index (χ0) is 17.7. The summed E-state index contributed by atoms with van der Waals surface area (Å²) in [5.41, 5.74) is 3.85. The van der Waals surface area contributed by atoms with E-state index < -0.39 is 7.60 Å². The first-order valence-electron chi connectivity index (χ1n) is 8.14. The molecule has 3 aromatic rings. The first kappa shape index (κ1) is 17.7. The molecule has 0 aliphatic heterocycles. The number of nitrogens with zero attached hydrogens (tertiary/aromatic N) is 1. The standard InChI is InChI=1S/C20H22NO3P/c1-23-25(22,24-2)20-19(15-17-9-5-3-6-10-17)13-14-21(20)16-18-11-7-4-8-12-18/h3-14H,15-16H2,1-2H3. The minimum atomic E-state index is -3.37. The third-order valence-electron chi connectivity index (χ3n) is 4.19. The molecule has 0 saturated heterocycles. The molecule has 5 heteroatoms. The predicted molar refractivity (Wildman–Crippen MR) is 100 cm³/mol. The fraction of sp³-hybridized carbons (Fsp3) is 0.200. The summed E-state index contributed by atoms with van der Waals surface area (Å²) in [4.78, 5) is 0. The average Bonchev–Trinajstić information content (AvgIpc) is 3.05. The quantitative estimate of drug-likeness (QED) is 0.595. The smallest absolute Gasteiger partial charge is 0.337 e. The van der Waals surface area contributed by atoms with Gasteiger partial charge in [-0.15, -0.1) is 0 Å². The number of aromatic nitrogens is 1. The van der Waals surface area contributed by atoms with Crippen LogP contribution in [0.25, 0.3) is 0 Å². The third kappa shape index (κ3) is 3.93. The van der Waals surface area contributed by atoms with Gasteiger partial charge in [0.25, 0.3) is 0 Å². The van der Waals surface area contributed by atoms with Crippen molar-refractivity contribution in [3.8, 4) is 0 Å². The molecule has 0 unspecified atom stereocenters. The molecule has 0 aliphatic carbocycles. The van der Waals surface area contributed by atoms with Crippen molar-refractivity contribution < 1.29 is 13.6 Å². The van der Waals surface area contributed by atoms with Gasteiger partial charge >= 0.3 is 7.60 Å². The topological polar surface area (TPSA) is 40.5 Å². The largest absolute Gasteiger partial charge is 0.377 e. The molecule has 0 radical (unpaired) electrons. The molecule has 0 fully saturated rings. The summed E-state index contributed by atoms with van der Waals surface area (Å²) < 4.78 is 25.7. The van der Waals surface area contributed by atoms with E-state index >= 15 is 0 Å². The molecule has 1 heterocycles. The number of benzene rings is 2. The van der Waals surface area contributed by atoms with E-state index in [4.69, 9.17) is 9.05 Å². The molecule has 1 aromatic heterocycles. The predicted octanol–water partition coefficient (Wildman–Crippen LogP) is 4.24. The molecule has 0 aliphatic rings. The lowest BCUT2D eigenvalue weighted by molar-refractivity contribution is 0.285. The van der Waals surface area contributed by atoms with E-state index in [9.17, 15) is 4.57 Å². The highest BCUT2D eigenvalue weighted by Crippen LogP contribution is 2.46. The molecule has 0 spiro atoms. The second-order valence-corrected chi connectivity index (χ2v) is 7.95. The summed E-state index contributed by atoms with van der Waals surface area (Å²) in [6, 6.07) is 22.2.